The van der Waals surface area contributed by atoms with Crippen LogP contribution in [-0.2, 0) is 20.0 Å². The van der Waals surface area contributed by atoms with Gasteiger partial charge in [0.2, 0.25) is 0 Å². The summed E-state index contributed by atoms with van der Waals surface area (Å²) in [6, 6.07) is 7.94. The molecule has 4 nitrogen and oxygen atoms in total. The minimum absolute atomic E-state index is 0.359. The van der Waals surface area contributed by atoms with Gasteiger partial charge in [0.1, 0.15) is 5.44 Å². The predicted octanol–water partition coefficient (Wildman–Crippen LogP) is 3.76. The van der Waals surface area contributed by atoms with Crippen LogP contribution in [0.1, 0.15) is 19.4 Å². The number of hydrogen-bond donors (Lipinski definition) is 1. The molecule has 98 valence electrons. The number of nitrogens with one attached hydrogen (secondary N) is 1. The molecule has 1 aromatic carbocycles. The van der Waals surface area contributed by atoms with Gasteiger partial charge in [-0.15, -0.1) is 0 Å². The summed E-state index contributed by atoms with van der Waals surface area (Å²) in [5.41, 5.74) is 2.69. The molecular formula is C13H18NO3P. The van der Waals surface area contributed by atoms with Crippen molar-refractivity contribution >= 4 is 13.3 Å². The standard InChI is InChI=1S/C13H18NO3P/c1-3-16-18(15,17-4-2)13-10-9-11-7-5-6-8-12(11)14-13/h5-8,10,14H,3-4,9H2,1-2H3. The minimum atomic E-state index is -3.20. The molecule has 5 heteroatoms. The molecule has 18 heavy (non-hydrogen) atoms. The number of benzene rings is 1. The maximum absolute atomic E-state index is 12.6. The third-order valence-electron chi connectivity index (χ3n) is 2.69. The molecule has 1 aliphatic rings. The topological polar surface area (TPSA) is 47.6 Å². The first-order chi connectivity index (χ1) is 8.69. The van der Waals surface area contributed by atoms with Gasteiger partial charge in [-0.3, -0.25) is 4.57 Å². The van der Waals surface area contributed by atoms with E-state index in [1.54, 1.807) is 0 Å². The highest BCUT2D eigenvalue weighted by Gasteiger charge is 2.31. The highest BCUT2D eigenvalue weighted by Crippen LogP contribution is 2.56. The van der Waals surface area contributed by atoms with Crippen LogP contribution < -0.4 is 5.32 Å². The zero-order valence-electron chi connectivity index (χ0n) is 10.7. The Balaban J connectivity index is 2.25. The van der Waals surface area contributed by atoms with Gasteiger partial charge in [0, 0.05) is 5.69 Å². The first-order valence-electron chi connectivity index (χ1n) is 6.14. The third kappa shape index (κ3) is 2.66. The van der Waals surface area contributed by atoms with Crippen LogP contribution in [0.25, 0.3) is 0 Å². The number of fused-ring (bicyclic) bond motifs is 1. The molecule has 0 aromatic heterocycles. The van der Waals surface area contributed by atoms with Crippen LogP contribution in [0, 0.1) is 0 Å². The fraction of sp³-hybridized carbons (Fsp3) is 0.385. The molecule has 1 heterocycles. The Morgan fingerprint density at radius 1 is 1.22 bits per heavy atom. The fourth-order valence-electron chi connectivity index (χ4n) is 1.91. The number of hydrogen-bond acceptors (Lipinski definition) is 4. The summed E-state index contributed by atoms with van der Waals surface area (Å²) in [5.74, 6) is 0. The van der Waals surface area contributed by atoms with Gasteiger partial charge in [-0.1, -0.05) is 18.2 Å². The summed E-state index contributed by atoms with van der Waals surface area (Å²) < 4.78 is 23.3. The zero-order valence-corrected chi connectivity index (χ0v) is 11.6. The molecule has 0 aliphatic carbocycles. The maximum atomic E-state index is 12.6. The van der Waals surface area contributed by atoms with E-state index >= 15 is 0 Å². The van der Waals surface area contributed by atoms with E-state index in [2.05, 4.69) is 5.32 Å². The summed E-state index contributed by atoms with van der Waals surface area (Å²) in [4.78, 5) is 0. The van der Waals surface area contributed by atoms with Crippen molar-refractivity contribution < 1.29 is 13.6 Å². The summed E-state index contributed by atoms with van der Waals surface area (Å²) >= 11 is 0. The maximum Gasteiger partial charge on any atom is 0.377 e. The summed E-state index contributed by atoms with van der Waals surface area (Å²) in [7, 11) is -3.20. The molecule has 2 rings (SSSR count). The van der Waals surface area contributed by atoms with Gasteiger partial charge in [-0.2, -0.15) is 0 Å². The lowest BCUT2D eigenvalue weighted by molar-refractivity contribution is 0.226. The van der Waals surface area contributed by atoms with Crippen LogP contribution in [0.2, 0.25) is 0 Å². The Bertz CT molecular complexity index is 489. The Hall–Kier alpha value is -1.09. The van der Waals surface area contributed by atoms with Gasteiger partial charge in [0.15, 0.2) is 0 Å². The third-order valence-corrected chi connectivity index (χ3v) is 4.77. The van der Waals surface area contributed by atoms with Crippen LogP contribution in [0.3, 0.4) is 0 Å². The van der Waals surface area contributed by atoms with Crippen LogP contribution in [-0.4, -0.2) is 13.2 Å². The average Bonchev–Trinajstić information content (AvgIpc) is 2.39. The van der Waals surface area contributed by atoms with E-state index in [-0.39, 0.29) is 0 Å². The Labute approximate surface area is 108 Å². The lowest BCUT2D eigenvalue weighted by atomic mass is 10.1. The van der Waals surface area contributed by atoms with Gasteiger partial charge in [0.05, 0.1) is 13.2 Å². The molecule has 0 radical (unpaired) electrons. The molecule has 0 unspecified atom stereocenters. The van der Waals surface area contributed by atoms with Crippen molar-refractivity contribution in [1.29, 1.82) is 0 Å². The number of rotatable bonds is 5. The first kappa shape index (κ1) is 13.3. The highest BCUT2D eigenvalue weighted by atomic mass is 31.2. The lowest BCUT2D eigenvalue weighted by Crippen LogP contribution is -2.11. The van der Waals surface area contributed by atoms with Crippen molar-refractivity contribution in [1.82, 2.24) is 0 Å². The van der Waals surface area contributed by atoms with E-state index in [0.29, 0.717) is 18.7 Å². The second-order valence-corrected chi connectivity index (χ2v) is 5.90. The van der Waals surface area contributed by atoms with Gasteiger partial charge in [-0.05, 0) is 38.0 Å². The molecule has 0 spiro atoms. The van der Waals surface area contributed by atoms with Crippen molar-refractivity contribution in [3.63, 3.8) is 0 Å². The van der Waals surface area contributed by atoms with Crippen LogP contribution in [0.4, 0.5) is 5.69 Å². The number of para-hydroxylation sites is 1. The smallest absolute Gasteiger partial charge is 0.349 e. The molecule has 0 fully saturated rings. The Morgan fingerprint density at radius 3 is 2.56 bits per heavy atom. The van der Waals surface area contributed by atoms with Gasteiger partial charge < -0.3 is 14.4 Å². The van der Waals surface area contributed by atoms with E-state index in [9.17, 15) is 4.57 Å². The van der Waals surface area contributed by atoms with Crippen LogP contribution in [0.5, 0.6) is 0 Å². The quantitative estimate of drug-likeness (QED) is 0.825. The normalized spacial score (nSPS) is 14.7. The summed E-state index contributed by atoms with van der Waals surface area (Å²) in [5, 5.41) is 3.16. The Kier molecular flexibility index (Phi) is 4.23. The van der Waals surface area contributed by atoms with E-state index in [4.69, 9.17) is 9.05 Å². The molecule has 0 atom stereocenters. The minimum Gasteiger partial charge on any atom is -0.349 e. The fourth-order valence-corrected chi connectivity index (χ4v) is 3.52. The van der Waals surface area contributed by atoms with E-state index in [0.717, 1.165) is 12.1 Å². The highest BCUT2D eigenvalue weighted by molar-refractivity contribution is 7.58. The van der Waals surface area contributed by atoms with Crippen molar-refractivity contribution in [3.8, 4) is 0 Å². The molecule has 1 aliphatic heterocycles. The Morgan fingerprint density at radius 2 is 1.89 bits per heavy atom. The molecule has 0 saturated carbocycles. The SMILES string of the molecule is CCOP(=O)(OCC)C1=CCc2ccccc2N1. The van der Waals surface area contributed by atoms with Crippen LogP contribution in [0.15, 0.2) is 35.8 Å². The molecule has 0 amide bonds. The average molecular weight is 267 g/mol. The van der Waals surface area contributed by atoms with E-state index < -0.39 is 7.60 Å². The number of anilines is 1. The van der Waals surface area contributed by atoms with Gasteiger partial charge >= 0.3 is 7.60 Å². The second kappa shape index (κ2) is 5.70. The lowest BCUT2D eigenvalue weighted by Gasteiger charge is -2.25. The van der Waals surface area contributed by atoms with Gasteiger partial charge in [0.25, 0.3) is 0 Å². The monoisotopic (exact) mass is 267 g/mol. The van der Waals surface area contributed by atoms with Gasteiger partial charge in [-0.25, -0.2) is 0 Å². The first-order valence-corrected chi connectivity index (χ1v) is 7.68. The molecule has 1 N–H and O–H groups in total. The van der Waals surface area contributed by atoms with E-state index in [1.807, 2.05) is 44.2 Å². The summed E-state index contributed by atoms with van der Waals surface area (Å²) in [6.45, 7) is 4.34. The number of allylic oxidation sites excluding steroid dienone is 1. The van der Waals surface area contributed by atoms with Crippen molar-refractivity contribution in [3.05, 3.63) is 41.3 Å². The van der Waals surface area contributed by atoms with Crippen LogP contribution >= 0.6 is 7.60 Å². The molecule has 0 saturated heterocycles. The van der Waals surface area contributed by atoms with E-state index in [1.165, 1.54) is 5.56 Å². The predicted molar refractivity (Wildman–Crippen MR) is 72.7 cm³/mol. The zero-order chi connectivity index (χ0) is 13.0. The van der Waals surface area contributed by atoms with Crippen molar-refractivity contribution in [2.75, 3.05) is 18.5 Å². The summed E-state index contributed by atoms with van der Waals surface area (Å²) in [6.07, 6.45) is 2.62. The molecular weight excluding hydrogens is 249 g/mol. The van der Waals surface area contributed by atoms with Crippen molar-refractivity contribution in [2.24, 2.45) is 0 Å². The largest absolute Gasteiger partial charge is 0.377 e. The molecule has 1 aromatic rings. The molecule has 0 bridgehead atoms. The second-order valence-electron chi connectivity index (χ2n) is 3.91. The van der Waals surface area contributed by atoms with Crippen molar-refractivity contribution in [2.45, 2.75) is 20.3 Å².